The molecule has 6 nitrogen and oxygen atoms in total. The first kappa shape index (κ1) is 23.9. The van der Waals surface area contributed by atoms with E-state index in [2.05, 4.69) is 39.6 Å². The Labute approximate surface area is 195 Å². The monoisotopic (exact) mass is 529 g/mol. The lowest BCUT2D eigenvalue weighted by molar-refractivity contribution is 0.239. The SMILES string of the molecule is CCNC(=NCc1cnc(C)s1)NCC(c1ccccc1OC)N1CCCC1.I. The molecule has 2 aromatic rings. The Morgan fingerprint density at radius 3 is 2.69 bits per heavy atom. The summed E-state index contributed by atoms with van der Waals surface area (Å²) in [4.78, 5) is 12.8. The minimum absolute atomic E-state index is 0. The van der Waals surface area contributed by atoms with E-state index in [4.69, 9.17) is 9.73 Å². The summed E-state index contributed by atoms with van der Waals surface area (Å²) in [7, 11) is 1.75. The van der Waals surface area contributed by atoms with Crippen LogP contribution in [0.25, 0.3) is 0 Å². The Morgan fingerprint density at radius 2 is 2.03 bits per heavy atom. The highest BCUT2D eigenvalue weighted by atomic mass is 127. The number of guanidine groups is 1. The quantitative estimate of drug-likeness (QED) is 0.308. The molecular weight excluding hydrogens is 497 g/mol. The molecule has 0 amide bonds. The summed E-state index contributed by atoms with van der Waals surface area (Å²) in [5.41, 5.74) is 1.23. The third-order valence-corrected chi connectivity index (χ3v) is 5.85. The number of nitrogens with one attached hydrogen (secondary N) is 2. The number of benzene rings is 1. The molecule has 1 saturated heterocycles. The van der Waals surface area contributed by atoms with Gasteiger partial charge in [0.2, 0.25) is 0 Å². The largest absolute Gasteiger partial charge is 0.496 e. The van der Waals surface area contributed by atoms with Crippen LogP contribution in [0.3, 0.4) is 0 Å². The first-order valence-corrected chi connectivity index (χ1v) is 10.8. The first-order valence-electron chi connectivity index (χ1n) is 10.0. The fourth-order valence-corrected chi connectivity index (χ4v) is 4.32. The van der Waals surface area contributed by atoms with Gasteiger partial charge in [0.05, 0.1) is 24.7 Å². The lowest BCUT2D eigenvalue weighted by Gasteiger charge is -2.30. The summed E-state index contributed by atoms with van der Waals surface area (Å²) in [6.45, 7) is 8.62. The standard InChI is InChI=1S/C21H31N5OS.HI/c1-4-22-21(24-14-17-13-23-16(2)28-17)25-15-19(26-11-7-8-12-26)18-9-5-6-10-20(18)27-3;/h5-6,9-10,13,19H,4,7-8,11-12,14-15H2,1-3H3,(H2,22,24,25);1H. The Hall–Kier alpha value is -1.39. The predicted molar refractivity (Wildman–Crippen MR) is 132 cm³/mol. The van der Waals surface area contributed by atoms with Crippen LogP contribution in [0, 0.1) is 6.92 Å². The minimum atomic E-state index is 0. The van der Waals surface area contributed by atoms with E-state index in [9.17, 15) is 0 Å². The highest BCUT2D eigenvalue weighted by Crippen LogP contribution is 2.31. The predicted octanol–water partition coefficient (Wildman–Crippen LogP) is 3.97. The first-order chi connectivity index (χ1) is 13.7. The van der Waals surface area contributed by atoms with Crippen molar-refractivity contribution in [1.29, 1.82) is 0 Å². The van der Waals surface area contributed by atoms with Crippen LogP contribution < -0.4 is 15.4 Å². The van der Waals surface area contributed by atoms with E-state index in [1.807, 2.05) is 25.3 Å². The van der Waals surface area contributed by atoms with Gasteiger partial charge in [-0.1, -0.05) is 18.2 Å². The summed E-state index contributed by atoms with van der Waals surface area (Å²) in [5, 5.41) is 7.99. The van der Waals surface area contributed by atoms with Gasteiger partial charge in [-0.3, -0.25) is 4.90 Å². The summed E-state index contributed by atoms with van der Waals surface area (Å²) in [6.07, 6.45) is 4.42. The molecule has 0 radical (unpaired) electrons. The topological polar surface area (TPSA) is 61.8 Å². The van der Waals surface area contributed by atoms with Gasteiger partial charge in [-0.2, -0.15) is 0 Å². The van der Waals surface area contributed by atoms with Crippen LogP contribution in [0.5, 0.6) is 5.75 Å². The fourth-order valence-electron chi connectivity index (χ4n) is 3.60. The number of para-hydroxylation sites is 1. The molecule has 1 fully saturated rings. The molecule has 1 aromatic heterocycles. The molecule has 2 N–H and O–H groups in total. The number of thiazole rings is 1. The molecular formula is C21H32IN5OS. The molecule has 3 rings (SSSR count). The molecule has 1 aliphatic rings. The van der Waals surface area contributed by atoms with Crippen molar-refractivity contribution >= 4 is 41.3 Å². The number of halogens is 1. The summed E-state index contributed by atoms with van der Waals surface area (Å²) in [6, 6.07) is 8.59. The van der Waals surface area contributed by atoms with Crippen LogP contribution in [0.4, 0.5) is 0 Å². The van der Waals surface area contributed by atoms with Crippen molar-refractivity contribution in [1.82, 2.24) is 20.5 Å². The van der Waals surface area contributed by atoms with Gasteiger partial charge in [0, 0.05) is 29.7 Å². The van der Waals surface area contributed by atoms with Gasteiger partial charge < -0.3 is 15.4 Å². The van der Waals surface area contributed by atoms with Crippen molar-refractivity contribution in [3.05, 3.63) is 45.9 Å². The maximum Gasteiger partial charge on any atom is 0.191 e. The number of likely N-dealkylation sites (tertiary alicyclic amines) is 1. The second kappa shape index (κ2) is 12.3. The van der Waals surface area contributed by atoms with Gasteiger partial charge in [0.15, 0.2) is 5.96 Å². The van der Waals surface area contributed by atoms with Crippen molar-refractivity contribution in [2.75, 3.05) is 33.3 Å². The zero-order valence-corrected chi connectivity index (χ0v) is 20.6. The van der Waals surface area contributed by atoms with Gasteiger partial charge in [0.25, 0.3) is 0 Å². The highest BCUT2D eigenvalue weighted by molar-refractivity contribution is 14.0. The second-order valence-corrected chi connectivity index (χ2v) is 8.24. The van der Waals surface area contributed by atoms with Gasteiger partial charge in [-0.15, -0.1) is 35.3 Å². The lowest BCUT2D eigenvalue weighted by Crippen LogP contribution is -2.42. The highest BCUT2D eigenvalue weighted by Gasteiger charge is 2.26. The Morgan fingerprint density at radius 1 is 1.28 bits per heavy atom. The molecule has 1 aliphatic heterocycles. The second-order valence-electron chi connectivity index (χ2n) is 6.92. The smallest absolute Gasteiger partial charge is 0.191 e. The number of methoxy groups -OCH3 is 1. The summed E-state index contributed by atoms with van der Waals surface area (Å²) in [5.74, 6) is 1.79. The molecule has 0 aliphatic carbocycles. The van der Waals surface area contributed by atoms with E-state index >= 15 is 0 Å². The fraction of sp³-hybridized carbons (Fsp3) is 0.524. The number of aryl methyl sites for hydroxylation is 1. The number of hydrogen-bond donors (Lipinski definition) is 2. The van der Waals surface area contributed by atoms with Crippen molar-refractivity contribution in [3.63, 3.8) is 0 Å². The zero-order chi connectivity index (χ0) is 19.8. The van der Waals surface area contributed by atoms with Crippen molar-refractivity contribution < 1.29 is 4.74 Å². The van der Waals surface area contributed by atoms with Crippen LogP contribution >= 0.6 is 35.3 Å². The molecule has 1 aromatic carbocycles. The zero-order valence-electron chi connectivity index (χ0n) is 17.5. The Bertz CT molecular complexity index is 776. The van der Waals surface area contributed by atoms with Crippen LogP contribution in [0.15, 0.2) is 35.5 Å². The van der Waals surface area contributed by atoms with Gasteiger partial charge in [-0.05, 0) is 45.8 Å². The van der Waals surface area contributed by atoms with Gasteiger partial charge >= 0.3 is 0 Å². The van der Waals surface area contributed by atoms with Crippen LogP contribution in [-0.4, -0.2) is 49.1 Å². The lowest BCUT2D eigenvalue weighted by atomic mass is 10.0. The number of aromatic nitrogens is 1. The van der Waals surface area contributed by atoms with Gasteiger partial charge in [-0.25, -0.2) is 9.98 Å². The molecule has 29 heavy (non-hydrogen) atoms. The van der Waals surface area contributed by atoms with Crippen LogP contribution in [0.2, 0.25) is 0 Å². The van der Waals surface area contributed by atoms with Crippen molar-refractivity contribution in [2.45, 2.75) is 39.3 Å². The normalized spacial score (nSPS) is 15.6. The third kappa shape index (κ3) is 6.82. The number of hydrogen-bond acceptors (Lipinski definition) is 5. The van der Waals surface area contributed by atoms with E-state index in [1.165, 1.54) is 23.3 Å². The molecule has 1 unspecified atom stereocenters. The molecule has 0 saturated carbocycles. The number of nitrogens with zero attached hydrogens (tertiary/aromatic N) is 3. The molecule has 2 heterocycles. The van der Waals surface area contributed by atoms with E-state index in [-0.39, 0.29) is 30.0 Å². The molecule has 8 heteroatoms. The Balaban J connectivity index is 0.00000300. The maximum absolute atomic E-state index is 5.64. The van der Waals surface area contributed by atoms with Crippen LogP contribution in [0.1, 0.15) is 41.3 Å². The van der Waals surface area contributed by atoms with Crippen LogP contribution in [-0.2, 0) is 6.54 Å². The van der Waals surface area contributed by atoms with E-state index in [0.717, 1.165) is 42.9 Å². The average molecular weight is 529 g/mol. The van der Waals surface area contributed by atoms with Gasteiger partial charge in [0.1, 0.15) is 5.75 Å². The van der Waals surface area contributed by atoms with E-state index in [1.54, 1.807) is 18.4 Å². The van der Waals surface area contributed by atoms with Crippen molar-refractivity contribution in [3.8, 4) is 5.75 Å². The third-order valence-electron chi connectivity index (χ3n) is 4.95. The average Bonchev–Trinajstić information content (AvgIpc) is 3.38. The number of aliphatic imine (C=N–C) groups is 1. The number of rotatable bonds is 8. The molecule has 160 valence electrons. The minimum Gasteiger partial charge on any atom is -0.496 e. The maximum atomic E-state index is 5.64. The molecule has 0 bridgehead atoms. The van der Waals surface area contributed by atoms with E-state index in [0.29, 0.717) is 6.54 Å². The summed E-state index contributed by atoms with van der Waals surface area (Å²) >= 11 is 1.70. The molecule has 1 atom stereocenters. The summed E-state index contributed by atoms with van der Waals surface area (Å²) < 4.78 is 5.64. The van der Waals surface area contributed by atoms with E-state index < -0.39 is 0 Å². The number of ether oxygens (including phenoxy) is 1. The molecule has 0 spiro atoms. The Kier molecular flexibility index (Phi) is 10.2. The van der Waals surface area contributed by atoms with Crippen molar-refractivity contribution in [2.24, 2.45) is 4.99 Å².